The van der Waals surface area contributed by atoms with E-state index in [9.17, 15) is 4.79 Å². The molecule has 0 saturated carbocycles. The van der Waals surface area contributed by atoms with Crippen LogP contribution >= 0.6 is 0 Å². The number of hydrogen-bond acceptors (Lipinski definition) is 7. The predicted molar refractivity (Wildman–Crippen MR) is 75.4 cm³/mol. The molecule has 0 spiro atoms. The third-order valence-corrected chi connectivity index (χ3v) is 3.20. The molecule has 0 unspecified atom stereocenters. The third-order valence-electron chi connectivity index (χ3n) is 3.20. The Morgan fingerprint density at radius 2 is 2.41 bits per heavy atom. The van der Waals surface area contributed by atoms with E-state index in [-0.39, 0.29) is 19.1 Å². The number of carbonyl (C=O) groups excluding carboxylic acids is 1. The zero-order valence-corrected chi connectivity index (χ0v) is 12.2. The summed E-state index contributed by atoms with van der Waals surface area (Å²) in [7, 11) is 0. The molecular weight excluding hydrogens is 288 g/mol. The lowest BCUT2D eigenvalue weighted by Crippen LogP contribution is -2.40. The van der Waals surface area contributed by atoms with Crippen LogP contribution in [0.15, 0.2) is 23.0 Å². The fraction of sp³-hybridized carbons (Fsp3) is 0.429. The van der Waals surface area contributed by atoms with Crippen LogP contribution in [0.5, 0.6) is 5.75 Å². The van der Waals surface area contributed by atoms with Gasteiger partial charge in [-0.25, -0.2) is 0 Å². The van der Waals surface area contributed by atoms with Crippen LogP contribution in [0.3, 0.4) is 0 Å². The molecule has 3 heterocycles. The predicted octanol–water partition coefficient (Wildman–Crippen LogP) is 0.969. The molecule has 8 heteroatoms. The van der Waals surface area contributed by atoms with E-state index in [0.29, 0.717) is 42.7 Å². The van der Waals surface area contributed by atoms with E-state index in [0.717, 1.165) is 0 Å². The molecule has 0 fully saturated rings. The lowest BCUT2D eigenvalue weighted by molar-refractivity contribution is -0.124. The molecule has 1 aliphatic heterocycles. The second-order valence-corrected chi connectivity index (χ2v) is 4.69. The number of amides is 1. The summed E-state index contributed by atoms with van der Waals surface area (Å²) in [4.78, 5) is 22.0. The first-order valence-corrected chi connectivity index (χ1v) is 7.04. The monoisotopic (exact) mass is 304 g/mol. The van der Waals surface area contributed by atoms with Crippen LogP contribution in [0.2, 0.25) is 0 Å². The Labute approximate surface area is 127 Å². The van der Waals surface area contributed by atoms with Gasteiger partial charge in [-0.1, -0.05) is 12.1 Å². The minimum Gasteiger partial charge on any atom is -0.489 e. The van der Waals surface area contributed by atoms with Gasteiger partial charge in [0.2, 0.25) is 0 Å². The number of rotatable bonds is 5. The molecule has 22 heavy (non-hydrogen) atoms. The van der Waals surface area contributed by atoms with Crippen molar-refractivity contribution in [2.75, 3.05) is 24.7 Å². The van der Waals surface area contributed by atoms with Gasteiger partial charge in [0, 0.05) is 18.7 Å². The van der Waals surface area contributed by atoms with Gasteiger partial charge in [-0.05, 0) is 0 Å². The molecule has 0 N–H and O–H groups in total. The largest absolute Gasteiger partial charge is 0.489 e. The first-order valence-electron chi connectivity index (χ1n) is 7.04. The van der Waals surface area contributed by atoms with Gasteiger partial charge < -0.3 is 18.9 Å². The number of anilines is 1. The number of pyridine rings is 1. The fourth-order valence-corrected chi connectivity index (χ4v) is 2.12. The van der Waals surface area contributed by atoms with Crippen molar-refractivity contribution < 1.29 is 18.8 Å². The molecule has 2 aromatic heterocycles. The van der Waals surface area contributed by atoms with Crippen LogP contribution in [0.4, 0.5) is 5.69 Å². The van der Waals surface area contributed by atoms with Crippen molar-refractivity contribution in [3.8, 4) is 5.75 Å². The van der Waals surface area contributed by atoms with Gasteiger partial charge in [-0.15, -0.1) is 0 Å². The molecule has 0 radical (unpaired) electrons. The Bertz CT molecular complexity index is 658. The number of fused-ring (bicyclic) bond motifs is 1. The van der Waals surface area contributed by atoms with E-state index < -0.39 is 0 Å². The number of nitrogens with zero attached hydrogens (tertiary/aromatic N) is 4. The van der Waals surface area contributed by atoms with E-state index in [1.54, 1.807) is 23.4 Å². The summed E-state index contributed by atoms with van der Waals surface area (Å²) in [6.45, 7) is 2.90. The number of ether oxygens (including phenoxy) is 2. The second kappa shape index (κ2) is 6.52. The number of carbonyl (C=O) groups is 1. The minimum atomic E-state index is -0.159. The third kappa shape index (κ3) is 3.06. The summed E-state index contributed by atoms with van der Waals surface area (Å²) in [5, 5.41) is 3.77. The minimum absolute atomic E-state index is 0.0713. The Hall–Kier alpha value is -2.48. The van der Waals surface area contributed by atoms with Crippen LogP contribution in [0.1, 0.15) is 18.6 Å². The lowest BCUT2D eigenvalue weighted by Gasteiger charge is -2.28. The smallest absolute Gasteiger partial charge is 0.253 e. The Kier molecular flexibility index (Phi) is 4.29. The molecule has 0 bridgehead atoms. The van der Waals surface area contributed by atoms with Crippen LogP contribution < -0.4 is 9.64 Å². The Morgan fingerprint density at radius 1 is 1.50 bits per heavy atom. The highest BCUT2D eigenvalue weighted by Crippen LogP contribution is 2.29. The van der Waals surface area contributed by atoms with E-state index in [1.807, 2.05) is 6.92 Å². The maximum atomic E-state index is 12.3. The van der Waals surface area contributed by atoms with E-state index >= 15 is 0 Å². The second-order valence-electron chi connectivity index (χ2n) is 4.69. The van der Waals surface area contributed by atoms with Gasteiger partial charge in [0.25, 0.3) is 11.8 Å². The van der Waals surface area contributed by atoms with Gasteiger partial charge in [0.15, 0.2) is 5.82 Å². The zero-order chi connectivity index (χ0) is 15.4. The van der Waals surface area contributed by atoms with Crippen molar-refractivity contribution >= 4 is 11.6 Å². The highest BCUT2D eigenvalue weighted by atomic mass is 16.5. The number of aryl methyl sites for hydroxylation is 1. The molecule has 0 saturated heterocycles. The van der Waals surface area contributed by atoms with Crippen molar-refractivity contribution in [1.82, 2.24) is 15.1 Å². The molecule has 1 amide bonds. The summed E-state index contributed by atoms with van der Waals surface area (Å²) in [5.41, 5.74) is 0.661. The van der Waals surface area contributed by atoms with Crippen LogP contribution in [-0.2, 0) is 22.6 Å². The van der Waals surface area contributed by atoms with Gasteiger partial charge in [-0.3, -0.25) is 9.78 Å². The van der Waals surface area contributed by atoms with Crippen molar-refractivity contribution in [3.05, 3.63) is 30.2 Å². The summed E-state index contributed by atoms with van der Waals surface area (Å²) in [6, 6.07) is 1.74. The topological polar surface area (TPSA) is 90.6 Å². The maximum absolute atomic E-state index is 12.3. The summed E-state index contributed by atoms with van der Waals surface area (Å²) in [5.74, 6) is 1.48. The molecule has 1 aliphatic rings. The summed E-state index contributed by atoms with van der Waals surface area (Å²) in [6.07, 6.45) is 3.93. The maximum Gasteiger partial charge on any atom is 0.253 e. The molecule has 116 valence electrons. The lowest BCUT2D eigenvalue weighted by atomic mass is 10.3. The van der Waals surface area contributed by atoms with E-state index in [4.69, 9.17) is 14.0 Å². The SMILES string of the molecule is CCc1noc(COCC(=O)N2CCOc3ccncc32)n1. The van der Waals surface area contributed by atoms with Gasteiger partial charge in [0.1, 0.15) is 31.3 Å². The van der Waals surface area contributed by atoms with Crippen LogP contribution in [0, 0.1) is 0 Å². The molecule has 8 nitrogen and oxygen atoms in total. The molecule has 0 aliphatic carbocycles. The Morgan fingerprint density at radius 3 is 3.23 bits per heavy atom. The van der Waals surface area contributed by atoms with Crippen molar-refractivity contribution in [3.63, 3.8) is 0 Å². The normalized spacial score (nSPS) is 13.6. The highest BCUT2D eigenvalue weighted by Gasteiger charge is 2.23. The van der Waals surface area contributed by atoms with Gasteiger partial charge in [-0.2, -0.15) is 4.98 Å². The van der Waals surface area contributed by atoms with Crippen LogP contribution in [-0.4, -0.2) is 40.8 Å². The number of aromatic nitrogens is 3. The molecule has 3 rings (SSSR count). The molecule has 0 aromatic carbocycles. The van der Waals surface area contributed by atoms with Crippen LogP contribution in [0.25, 0.3) is 0 Å². The number of hydrogen-bond donors (Lipinski definition) is 0. The fourth-order valence-electron chi connectivity index (χ4n) is 2.12. The first-order chi connectivity index (χ1) is 10.8. The van der Waals surface area contributed by atoms with E-state index in [1.165, 1.54) is 0 Å². The molecule has 0 atom stereocenters. The van der Waals surface area contributed by atoms with Crippen molar-refractivity contribution in [1.29, 1.82) is 0 Å². The standard InChI is InChI=1S/C14H16N4O4/c1-2-12-16-13(22-17-12)8-20-9-14(19)18-5-6-21-11-3-4-15-7-10(11)18/h3-4,7H,2,5-6,8-9H2,1H3. The summed E-state index contributed by atoms with van der Waals surface area (Å²) >= 11 is 0. The van der Waals surface area contributed by atoms with Crippen molar-refractivity contribution in [2.45, 2.75) is 20.0 Å². The van der Waals surface area contributed by atoms with Gasteiger partial charge >= 0.3 is 0 Å². The molecular formula is C14H16N4O4. The zero-order valence-electron chi connectivity index (χ0n) is 12.2. The molecule has 2 aromatic rings. The highest BCUT2D eigenvalue weighted by molar-refractivity contribution is 5.95. The average Bonchev–Trinajstić information content (AvgIpc) is 3.02. The average molecular weight is 304 g/mol. The van der Waals surface area contributed by atoms with Crippen molar-refractivity contribution in [2.24, 2.45) is 0 Å². The Balaban J connectivity index is 1.56. The van der Waals surface area contributed by atoms with Gasteiger partial charge in [0.05, 0.1) is 12.7 Å². The van der Waals surface area contributed by atoms with E-state index in [2.05, 4.69) is 15.1 Å². The summed E-state index contributed by atoms with van der Waals surface area (Å²) < 4.78 is 15.8. The first kappa shape index (κ1) is 14.5. The quantitative estimate of drug-likeness (QED) is 0.812.